The van der Waals surface area contributed by atoms with Gasteiger partial charge in [0.15, 0.2) is 0 Å². The number of urea groups is 1. The van der Waals surface area contributed by atoms with Crippen LogP contribution in [0.4, 0.5) is 10.5 Å². The number of benzene rings is 2. The van der Waals surface area contributed by atoms with E-state index in [1.54, 1.807) is 17.4 Å². The van der Waals surface area contributed by atoms with Crippen LogP contribution in [-0.4, -0.2) is 27.3 Å². The second-order valence-electron chi connectivity index (χ2n) is 8.24. The van der Waals surface area contributed by atoms with Gasteiger partial charge in [-0.3, -0.25) is 4.79 Å². The minimum Gasteiger partial charge on any atom is -0.336 e. The topological polar surface area (TPSA) is 88.9 Å². The molecule has 0 radical (unpaired) electrons. The molecule has 34 heavy (non-hydrogen) atoms. The molecule has 0 saturated heterocycles. The van der Waals surface area contributed by atoms with Gasteiger partial charge in [-0.2, -0.15) is 5.10 Å². The number of amides is 2. The van der Waals surface area contributed by atoms with Crippen LogP contribution >= 0.6 is 11.3 Å². The number of nitrogens with zero attached hydrogens (tertiary/aromatic N) is 3. The third-order valence-corrected chi connectivity index (χ3v) is 6.59. The molecule has 0 atom stereocenters. The molecule has 0 aliphatic rings. The Morgan fingerprint density at radius 3 is 2.47 bits per heavy atom. The van der Waals surface area contributed by atoms with Gasteiger partial charge in [-0.05, 0) is 36.6 Å². The van der Waals surface area contributed by atoms with Crippen LogP contribution in [0.1, 0.15) is 31.0 Å². The largest absolute Gasteiger partial charge is 0.336 e. The molecule has 0 aliphatic carbocycles. The average Bonchev–Trinajstić information content (AvgIpc) is 3.23. The molecule has 0 spiro atoms. The number of aryl methyl sites for hydroxylation is 1. The molecule has 0 aliphatic heterocycles. The van der Waals surface area contributed by atoms with Gasteiger partial charge < -0.3 is 10.6 Å². The molecular formula is C26H27N5O2S. The van der Waals surface area contributed by atoms with Crippen LogP contribution < -0.4 is 16.2 Å². The highest BCUT2D eigenvalue weighted by Gasteiger charge is 2.14. The second-order valence-corrected chi connectivity index (χ2v) is 9.24. The van der Waals surface area contributed by atoms with Gasteiger partial charge >= 0.3 is 6.03 Å². The van der Waals surface area contributed by atoms with Crippen molar-refractivity contribution in [3.05, 3.63) is 88.3 Å². The van der Waals surface area contributed by atoms with E-state index in [-0.39, 0.29) is 24.7 Å². The molecule has 4 rings (SSSR count). The van der Waals surface area contributed by atoms with E-state index in [4.69, 9.17) is 0 Å². The number of anilines is 1. The van der Waals surface area contributed by atoms with Crippen LogP contribution in [-0.2, 0) is 6.54 Å². The Morgan fingerprint density at radius 2 is 1.76 bits per heavy atom. The number of rotatable bonds is 7. The number of carbonyl (C=O) groups excluding carboxylic acids is 1. The maximum absolute atomic E-state index is 12.3. The van der Waals surface area contributed by atoms with E-state index in [1.807, 2.05) is 61.5 Å². The monoisotopic (exact) mass is 473 g/mol. The van der Waals surface area contributed by atoms with E-state index < -0.39 is 0 Å². The lowest BCUT2D eigenvalue weighted by Gasteiger charge is -2.10. The van der Waals surface area contributed by atoms with Crippen molar-refractivity contribution in [2.45, 2.75) is 33.2 Å². The van der Waals surface area contributed by atoms with Crippen molar-refractivity contribution in [3.63, 3.8) is 0 Å². The van der Waals surface area contributed by atoms with E-state index in [0.717, 1.165) is 21.1 Å². The zero-order valence-electron chi connectivity index (χ0n) is 19.4. The van der Waals surface area contributed by atoms with E-state index in [0.29, 0.717) is 17.3 Å². The first-order valence-corrected chi connectivity index (χ1v) is 12.0. The number of thiazole rings is 1. The van der Waals surface area contributed by atoms with Crippen molar-refractivity contribution >= 4 is 23.1 Å². The predicted molar refractivity (Wildman–Crippen MR) is 137 cm³/mol. The van der Waals surface area contributed by atoms with Crippen molar-refractivity contribution in [1.82, 2.24) is 20.1 Å². The summed E-state index contributed by atoms with van der Waals surface area (Å²) in [5.41, 5.74) is 4.30. The molecule has 174 valence electrons. The van der Waals surface area contributed by atoms with Gasteiger partial charge in [0.25, 0.3) is 5.56 Å². The molecule has 2 aromatic carbocycles. The zero-order chi connectivity index (χ0) is 24.1. The van der Waals surface area contributed by atoms with Crippen LogP contribution in [0.5, 0.6) is 0 Å². The van der Waals surface area contributed by atoms with Crippen molar-refractivity contribution in [2.75, 3.05) is 11.9 Å². The molecule has 2 aromatic heterocycles. The summed E-state index contributed by atoms with van der Waals surface area (Å²) in [5, 5.41) is 11.0. The molecule has 0 unspecified atom stereocenters. The van der Waals surface area contributed by atoms with Crippen molar-refractivity contribution < 1.29 is 4.79 Å². The number of aromatic nitrogens is 3. The molecule has 7 nitrogen and oxygen atoms in total. The van der Waals surface area contributed by atoms with Crippen LogP contribution in [0.2, 0.25) is 0 Å². The molecule has 0 fully saturated rings. The first-order valence-electron chi connectivity index (χ1n) is 11.2. The maximum atomic E-state index is 12.3. The Bertz CT molecular complexity index is 1330. The lowest BCUT2D eigenvalue weighted by Crippen LogP contribution is -2.34. The van der Waals surface area contributed by atoms with E-state index >= 15 is 0 Å². The molecule has 8 heteroatoms. The van der Waals surface area contributed by atoms with Gasteiger partial charge in [-0.1, -0.05) is 56.3 Å². The van der Waals surface area contributed by atoms with Gasteiger partial charge in [0.2, 0.25) is 0 Å². The third kappa shape index (κ3) is 5.58. The zero-order valence-corrected chi connectivity index (χ0v) is 20.2. The van der Waals surface area contributed by atoms with Gasteiger partial charge in [0.1, 0.15) is 10.7 Å². The Labute approximate surface area is 202 Å². The first kappa shape index (κ1) is 23.4. The first-order chi connectivity index (χ1) is 16.4. The normalized spacial score (nSPS) is 10.9. The van der Waals surface area contributed by atoms with Crippen LogP contribution in [0.25, 0.3) is 21.1 Å². The fourth-order valence-corrected chi connectivity index (χ4v) is 4.51. The second kappa shape index (κ2) is 10.4. The van der Waals surface area contributed by atoms with Crippen molar-refractivity contribution in [2.24, 2.45) is 0 Å². The summed E-state index contributed by atoms with van der Waals surface area (Å²) in [7, 11) is 0. The average molecular weight is 474 g/mol. The molecular weight excluding hydrogens is 446 g/mol. The van der Waals surface area contributed by atoms with E-state index in [1.165, 1.54) is 16.3 Å². The SMILES string of the molecule is Cc1nc(-c2ccccc2)sc1-c1ccc(=O)n(CCNC(=O)Nc2ccc(C(C)C)cc2)n1. The lowest BCUT2D eigenvalue weighted by atomic mass is 10.0. The standard InChI is InChI=1S/C26H27N5O2S/c1-17(2)19-9-11-21(12-10-19)29-26(33)27-15-16-31-23(32)14-13-22(30-31)24-18(3)28-25(34-24)20-7-5-4-6-8-20/h4-14,17H,15-16H2,1-3H3,(H2,27,29,33). The van der Waals surface area contributed by atoms with E-state index in [9.17, 15) is 9.59 Å². The quantitative estimate of drug-likeness (QED) is 0.382. The molecule has 2 N–H and O–H groups in total. The smallest absolute Gasteiger partial charge is 0.319 e. The highest BCUT2D eigenvalue weighted by molar-refractivity contribution is 7.18. The number of hydrogen-bond acceptors (Lipinski definition) is 5. The van der Waals surface area contributed by atoms with Crippen LogP contribution in [0.3, 0.4) is 0 Å². The van der Waals surface area contributed by atoms with Gasteiger partial charge in [-0.15, -0.1) is 11.3 Å². The molecule has 2 amide bonds. The summed E-state index contributed by atoms with van der Waals surface area (Å²) in [6, 6.07) is 20.6. The molecule has 0 saturated carbocycles. The predicted octanol–water partition coefficient (Wildman–Crippen LogP) is 5.29. The van der Waals surface area contributed by atoms with Gasteiger partial charge in [0, 0.05) is 23.9 Å². The van der Waals surface area contributed by atoms with E-state index in [2.05, 4.69) is 34.6 Å². The van der Waals surface area contributed by atoms with Crippen LogP contribution in [0, 0.1) is 6.92 Å². The summed E-state index contributed by atoms with van der Waals surface area (Å²) in [5.74, 6) is 0.433. The number of nitrogens with one attached hydrogen (secondary N) is 2. The van der Waals surface area contributed by atoms with Crippen molar-refractivity contribution in [3.8, 4) is 21.1 Å². The van der Waals surface area contributed by atoms with Crippen LogP contribution in [0.15, 0.2) is 71.5 Å². The summed E-state index contributed by atoms with van der Waals surface area (Å²) < 4.78 is 1.37. The van der Waals surface area contributed by atoms with Gasteiger partial charge in [0.05, 0.1) is 17.1 Å². The third-order valence-electron chi connectivity index (χ3n) is 5.36. The fraction of sp³-hybridized carbons (Fsp3) is 0.231. The Balaban J connectivity index is 1.40. The number of hydrogen-bond donors (Lipinski definition) is 2. The summed E-state index contributed by atoms with van der Waals surface area (Å²) >= 11 is 1.54. The van der Waals surface area contributed by atoms with Gasteiger partial charge in [-0.25, -0.2) is 14.5 Å². The fourth-order valence-electron chi connectivity index (χ4n) is 3.47. The lowest BCUT2D eigenvalue weighted by molar-refractivity contribution is 0.251. The summed E-state index contributed by atoms with van der Waals surface area (Å²) in [6.07, 6.45) is 0. The highest BCUT2D eigenvalue weighted by atomic mass is 32.1. The highest BCUT2D eigenvalue weighted by Crippen LogP contribution is 2.33. The minimum atomic E-state index is -0.327. The Kier molecular flexibility index (Phi) is 7.18. The summed E-state index contributed by atoms with van der Waals surface area (Å²) in [6.45, 7) is 6.71. The minimum absolute atomic E-state index is 0.222. The van der Waals surface area contributed by atoms with Crippen molar-refractivity contribution in [1.29, 1.82) is 0 Å². The molecule has 2 heterocycles. The molecule has 0 bridgehead atoms. The summed E-state index contributed by atoms with van der Waals surface area (Å²) in [4.78, 5) is 30.2. The Hall–Kier alpha value is -3.78. The maximum Gasteiger partial charge on any atom is 0.319 e. The number of carbonyl (C=O) groups is 1. The Morgan fingerprint density at radius 1 is 1.03 bits per heavy atom. The molecule has 4 aromatic rings.